The van der Waals surface area contributed by atoms with Crippen LogP contribution in [0.1, 0.15) is 17.5 Å². The summed E-state index contributed by atoms with van der Waals surface area (Å²) >= 11 is 0. The highest BCUT2D eigenvalue weighted by molar-refractivity contribution is 5.98. The molecule has 18 heavy (non-hydrogen) atoms. The van der Waals surface area contributed by atoms with E-state index in [1.54, 1.807) is 13.0 Å². The molecule has 0 fully saturated rings. The molecule has 1 atom stereocenters. The van der Waals surface area contributed by atoms with E-state index in [0.29, 0.717) is 0 Å². The average molecular weight is 245 g/mol. The van der Waals surface area contributed by atoms with Gasteiger partial charge in [0, 0.05) is 11.6 Å². The molecule has 1 amide bonds. The summed E-state index contributed by atoms with van der Waals surface area (Å²) in [5.41, 5.74) is 1.67. The van der Waals surface area contributed by atoms with Crippen molar-refractivity contribution in [1.29, 1.82) is 0 Å². The van der Waals surface area contributed by atoms with Crippen molar-refractivity contribution in [3.05, 3.63) is 48.4 Å². The fourth-order valence-electron chi connectivity index (χ4n) is 1.67. The lowest BCUT2D eigenvalue weighted by Gasteiger charge is -2.10. The average Bonchev–Trinajstić information content (AvgIpc) is 2.88. The number of carbonyl (C=O) groups excluding carboxylic acids is 1. The van der Waals surface area contributed by atoms with Crippen molar-refractivity contribution in [1.82, 2.24) is 5.32 Å². The van der Waals surface area contributed by atoms with E-state index in [1.807, 2.05) is 30.3 Å². The molecule has 0 radical (unpaired) electrons. The minimum Gasteiger partial charge on any atom is -0.459 e. The molecule has 0 aliphatic carbocycles. The van der Waals surface area contributed by atoms with Crippen LogP contribution in [0, 0.1) is 0 Å². The van der Waals surface area contributed by atoms with Crippen LogP contribution in [0.5, 0.6) is 0 Å². The Morgan fingerprint density at radius 3 is 2.72 bits per heavy atom. The molecule has 1 heterocycles. The maximum Gasteiger partial charge on any atom is 0.287 e. The molecule has 2 aromatic rings. The highest BCUT2D eigenvalue weighted by Crippen LogP contribution is 2.24. The third-order valence-corrected chi connectivity index (χ3v) is 2.61. The van der Waals surface area contributed by atoms with Crippen molar-refractivity contribution in [2.45, 2.75) is 13.0 Å². The summed E-state index contributed by atoms with van der Waals surface area (Å²) < 4.78 is 5.23. The predicted octanol–water partition coefficient (Wildman–Crippen LogP) is 2.06. The van der Waals surface area contributed by atoms with Crippen LogP contribution < -0.4 is 5.32 Å². The van der Waals surface area contributed by atoms with Crippen LogP contribution in [-0.4, -0.2) is 23.7 Å². The predicted molar refractivity (Wildman–Crippen MR) is 68.2 cm³/mol. The highest BCUT2D eigenvalue weighted by atomic mass is 16.3. The van der Waals surface area contributed by atoms with Crippen LogP contribution in [0.4, 0.5) is 0 Å². The number of hydrogen-bond acceptors (Lipinski definition) is 3. The molecule has 94 valence electrons. The van der Waals surface area contributed by atoms with Crippen LogP contribution in [0.3, 0.4) is 0 Å². The molecule has 0 spiro atoms. The largest absolute Gasteiger partial charge is 0.459 e. The summed E-state index contributed by atoms with van der Waals surface area (Å²) in [6.45, 7) is 1.62. The summed E-state index contributed by atoms with van der Waals surface area (Å²) in [6, 6.07) is 11.0. The number of carbonyl (C=O) groups is 1. The van der Waals surface area contributed by atoms with Gasteiger partial charge in [-0.2, -0.15) is 0 Å². The molecule has 0 aliphatic heterocycles. The van der Waals surface area contributed by atoms with Gasteiger partial charge in [-0.15, -0.1) is 0 Å². The number of aliphatic hydroxyl groups is 1. The van der Waals surface area contributed by atoms with Crippen molar-refractivity contribution >= 4 is 5.91 Å². The van der Waals surface area contributed by atoms with E-state index in [0.717, 1.165) is 11.1 Å². The highest BCUT2D eigenvalue weighted by Gasteiger charge is 2.17. The normalized spacial score (nSPS) is 12.1. The Bertz CT molecular complexity index is 519. The van der Waals surface area contributed by atoms with Crippen molar-refractivity contribution < 1.29 is 14.3 Å². The zero-order chi connectivity index (χ0) is 13.0. The Labute approximate surface area is 105 Å². The van der Waals surface area contributed by atoms with Crippen LogP contribution >= 0.6 is 0 Å². The van der Waals surface area contributed by atoms with E-state index in [2.05, 4.69) is 5.32 Å². The van der Waals surface area contributed by atoms with Crippen LogP contribution in [-0.2, 0) is 0 Å². The minimum absolute atomic E-state index is 0.104. The van der Waals surface area contributed by atoms with E-state index >= 15 is 0 Å². The fraction of sp³-hybridized carbons (Fsp3) is 0.214. The van der Waals surface area contributed by atoms with E-state index in [4.69, 9.17) is 9.52 Å². The Balaban J connectivity index is 2.26. The SMILES string of the molecule is C[C@@H](CO)NC(=O)c1occc1-c1ccccc1. The molecule has 4 nitrogen and oxygen atoms in total. The number of benzene rings is 1. The second-order valence-electron chi connectivity index (χ2n) is 4.09. The van der Waals surface area contributed by atoms with Gasteiger partial charge in [-0.05, 0) is 18.6 Å². The third-order valence-electron chi connectivity index (χ3n) is 2.61. The first-order valence-corrected chi connectivity index (χ1v) is 5.77. The Morgan fingerprint density at radius 2 is 2.06 bits per heavy atom. The van der Waals surface area contributed by atoms with Gasteiger partial charge in [0.15, 0.2) is 5.76 Å². The summed E-state index contributed by atoms with van der Waals surface area (Å²) in [5, 5.41) is 11.6. The molecule has 1 aromatic heterocycles. The Hall–Kier alpha value is -2.07. The fourth-order valence-corrected chi connectivity index (χ4v) is 1.67. The van der Waals surface area contributed by atoms with Crippen molar-refractivity contribution in [3.8, 4) is 11.1 Å². The van der Waals surface area contributed by atoms with E-state index in [1.165, 1.54) is 6.26 Å². The van der Waals surface area contributed by atoms with Crippen LogP contribution in [0.25, 0.3) is 11.1 Å². The molecule has 2 rings (SSSR count). The first-order valence-electron chi connectivity index (χ1n) is 5.77. The van der Waals surface area contributed by atoms with Gasteiger partial charge in [-0.25, -0.2) is 0 Å². The summed E-state index contributed by atoms with van der Waals surface area (Å²) in [6.07, 6.45) is 1.49. The van der Waals surface area contributed by atoms with Gasteiger partial charge in [0.2, 0.25) is 0 Å². The zero-order valence-corrected chi connectivity index (χ0v) is 10.1. The lowest BCUT2D eigenvalue weighted by Crippen LogP contribution is -2.35. The third kappa shape index (κ3) is 2.60. The van der Waals surface area contributed by atoms with Gasteiger partial charge in [0.25, 0.3) is 5.91 Å². The van der Waals surface area contributed by atoms with Gasteiger partial charge in [0.05, 0.1) is 12.9 Å². The number of hydrogen-bond donors (Lipinski definition) is 2. The van der Waals surface area contributed by atoms with Crippen molar-refractivity contribution in [2.24, 2.45) is 0 Å². The maximum absolute atomic E-state index is 12.0. The van der Waals surface area contributed by atoms with Crippen LogP contribution in [0.2, 0.25) is 0 Å². The maximum atomic E-state index is 12.0. The smallest absolute Gasteiger partial charge is 0.287 e. The number of aliphatic hydroxyl groups excluding tert-OH is 1. The quantitative estimate of drug-likeness (QED) is 0.866. The molecule has 1 aromatic carbocycles. The molecular formula is C14H15NO3. The topological polar surface area (TPSA) is 62.5 Å². The van der Waals surface area contributed by atoms with Gasteiger partial charge < -0.3 is 14.8 Å². The molecule has 0 saturated carbocycles. The number of rotatable bonds is 4. The van der Waals surface area contributed by atoms with E-state index in [9.17, 15) is 4.79 Å². The molecule has 4 heteroatoms. The standard InChI is InChI=1S/C14H15NO3/c1-10(9-16)15-14(17)13-12(7-8-18-13)11-5-3-2-4-6-11/h2-8,10,16H,9H2,1H3,(H,15,17)/t10-/m0/s1. The number of nitrogens with one attached hydrogen (secondary N) is 1. The molecule has 0 unspecified atom stereocenters. The Morgan fingerprint density at radius 1 is 1.33 bits per heavy atom. The monoisotopic (exact) mass is 245 g/mol. The second kappa shape index (κ2) is 5.51. The summed E-state index contributed by atoms with van der Waals surface area (Å²) in [7, 11) is 0. The van der Waals surface area contributed by atoms with Crippen LogP contribution in [0.15, 0.2) is 47.1 Å². The number of furan rings is 1. The molecule has 0 bridgehead atoms. The number of amides is 1. The lowest BCUT2D eigenvalue weighted by molar-refractivity contribution is 0.0895. The van der Waals surface area contributed by atoms with E-state index in [-0.39, 0.29) is 24.3 Å². The Kier molecular flexibility index (Phi) is 3.79. The molecular weight excluding hydrogens is 230 g/mol. The minimum atomic E-state index is -0.319. The van der Waals surface area contributed by atoms with Gasteiger partial charge >= 0.3 is 0 Å². The first kappa shape index (κ1) is 12.4. The zero-order valence-electron chi connectivity index (χ0n) is 10.1. The lowest BCUT2D eigenvalue weighted by atomic mass is 10.1. The van der Waals surface area contributed by atoms with E-state index < -0.39 is 0 Å². The van der Waals surface area contributed by atoms with Crippen molar-refractivity contribution in [3.63, 3.8) is 0 Å². The molecule has 0 aliphatic rings. The van der Waals surface area contributed by atoms with Crippen molar-refractivity contribution in [2.75, 3.05) is 6.61 Å². The molecule has 2 N–H and O–H groups in total. The van der Waals surface area contributed by atoms with Gasteiger partial charge in [0.1, 0.15) is 0 Å². The van der Waals surface area contributed by atoms with Gasteiger partial charge in [-0.3, -0.25) is 4.79 Å². The summed E-state index contributed by atoms with van der Waals surface area (Å²) in [4.78, 5) is 12.0. The molecule has 0 saturated heterocycles. The second-order valence-corrected chi connectivity index (χ2v) is 4.09. The first-order chi connectivity index (χ1) is 8.72. The summed E-state index contributed by atoms with van der Waals surface area (Å²) in [5.74, 6) is -0.0538. The van der Waals surface area contributed by atoms with Gasteiger partial charge in [-0.1, -0.05) is 30.3 Å².